The molecule has 0 spiro atoms. The molecule has 0 radical (unpaired) electrons. The van der Waals surface area contributed by atoms with Crippen LogP contribution in [0.25, 0.3) is 11.0 Å². The fraction of sp³-hybridized carbons (Fsp3) is 0.188. The molecule has 0 saturated carbocycles. The summed E-state index contributed by atoms with van der Waals surface area (Å²) < 4.78 is 0. The van der Waals surface area contributed by atoms with E-state index < -0.39 is 0 Å². The average molecular weight is 251 g/mol. The van der Waals surface area contributed by atoms with Crippen molar-refractivity contribution in [3.8, 4) is 0 Å². The molecule has 0 aliphatic carbocycles. The normalized spacial score (nSPS) is 10.8. The van der Waals surface area contributed by atoms with E-state index in [1.54, 1.807) is 0 Å². The largest absolute Gasteiger partial charge is 0.384 e. The minimum absolute atomic E-state index is 0.880. The number of H-pyrrole nitrogens is 1. The third-order valence-corrected chi connectivity index (χ3v) is 3.26. The monoisotopic (exact) mass is 251 g/mol. The molecular formula is C16H17N3. The topological polar surface area (TPSA) is 40.7 Å². The molecule has 3 aromatic rings. The number of aromatic amines is 1. The Morgan fingerprint density at radius 2 is 1.84 bits per heavy atom. The second-order valence-corrected chi connectivity index (χ2v) is 4.69. The highest BCUT2D eigenvalue weighted by Gasteiger charge is 2.02. The van der Waals surface area contributed by atoms with Crippen LogP contribution in [0.4, 0.5) is 5.69 Å². The molecule has 0 amide bonds. The highest BCUT2D eigenvalue weighted by atomic mass is 14.9. The number of rotatable bonds is 4. The molecule has 0 aliphatic rings. The first-order valence-corrected chi connectivity index (χ1v) is 6.56. The van der Waals surface area contributed by atoms with Crippen molar-refractivity contribution in [3.05, 3.63) is 59.9 Å². The lowest BCUT2D eigenvalue weighted by Crippen LogP contribution is -2.06. The zero-order valence-corrected chi connectivity index (χ0v) is 11.0. The maximum Gasteiger partial charge on any atom is 0.108 e. The van der Waals surface area contributed by atoms with E-state index in [9.17, 15) is 0 Å². The van der Waals surface area contributed by atoms with Crippen LogP contribution in [0.15, 0.2) is 48.5 Å². The number of nitrogens with one attached hydrogen (secondary N) is 2. The van der Waals surface area contributed by atoms with E-state index in [-0.39, 0.29) is 0 Å². The molecule has 0 saturated heterocycles. The number of aryl methyl sites for hydroxylation is 1. The second kappa shape index (κ2) is 5.14. The van der Waals surface area contributed by atoms with E-state index in [2.05, 4.69) is 52.5 Å². The number of imidazole rings is 1. The lowest BCUT2D eigenvalue weighted by atomic mass is 10.2. The van der Waals surface area contributed by atoms with Crippen molar-refractivity contribution in [2.45, 2.75) is 13.3 Å². The second-order valence-electron chi connectivity index (χ2n) is 4.69. The maximum atomic E-state index is 4.57. The number of fused-ring (bicyclic) bond motifs is 1. The highest BCUT2D eigenvalue weighted by Crippen LogP contribution is 2.14. The smallest absolute Gasteiger partial charge is 0.108 e. The Hall–Kier alpha value is -2.29. The Bertz CT molecular complexity index is 652. The maximum absolute atomic E-state index is 4.57. The van der Waals surface area contributed by atoms with Gasteiger partial charge in [0.25, 0.3) is 0 Å². The van der Waals surface area contributed by atoms with E-state index in [4.69, 9.17) is 0 Å². The first-order chi connectivity index (χ1) is 9.33. The fourth-order valence-electron chi connectivity index (χ4n) is 2.21. The van der Waals surface area contributed by atoms with Crippen LogP contribution in [0.5, 0.6) is 0 Å². The predicted octanol–water partition coefficient (Wildman–Crippen LogP) is 3.53. The zero-order valence-electron chi connectivity index (χ0n) is 11.0. The van der Waals surface area contributed by atoms with E-state index in [0.717, 1.165) is 29.8 Å². The summed E-state index contributed by atoms with van der Waals surface area (Å²) in [5, 5.41) is 3.45. The summed E-state index contributed by atoms with van der Waals surface area (Å²) in [6.07, 6.45) is 0.892. The van der Waals surface area contributed by atoms with Crippen LogP contribution < -0.4 is 5.32 Å². The van der Waals surface area contributed by atoms with E-state index >= 15 is 0 Å². The first-order valence-electron chi connectivity index (χ1n) is 6.56. The predicted molar refractivity (Wildman–Crippen MR) is 79.5 cm³/mol. The zero-order chi connectivity index (χ0) is 13.1. The number of anilines is 1. The van der Waals surface area contributed by atoms with Crippen LogP contribution in [0.3, 0.4) is 0 Å². The molecule has 96 valence electrons. The van der Waals surface area contributed by atoms with Crippen molar-refractivity contribution < 1.29 is 0 Å². The molecule has 0 fully saturated rings. The van der Waals surface area contributed by atoms with Crippen molar-refractivity contribution in [2.75, 3.05) is 11.9 Å². The molecule has 0 aliphatic heterocycles. The van der Waals surface area contributed by atoms with Crippen LogP contribution in [0, 0.1) is 6.92 Å². The molecule has 1 heterocycles. The lowest BCUT2D eigenvalue weighted by Gasteiger charge is -2.07. The minimum atomic E-state index is 0.880. The Morgan fingerprint density at radius 3 is 2.68 bits per heavy atom. The van der Waals surface area contributed by atoms with Gasteiger partial charge in [0.1, 0.15) is 5.82 Å². The molecular weight excluding hydrogens is 234 g/mol. The van der Waals surface area contributed by atoms with Gasteiger partial charge in [0, 0.05) is 18.7 Å². The number of aromatic nitrogens is 2. The van der Waals surface area contributed by atoms with E-state index in [1.807, 2.05) is 18.2 Å². The van der Waals surface area contributed by atoms with E-state index in [1.165, 1.54) is 11.3 Å². The van der Waals surface area contributed by atoms with Gasteiger partial charge in [0.15, 0.2) is 0 Å². The van der Waals surface area contributed by atoms with Gasteiger partial charge in [0.2, 0.25) is 0 Å². The van der Waals surface area contributed by atoms with Crippen molar-refractivity contribution in [1.82, 2.24) is 9.97 Å². The highest BCUT2D eigenvalue weighted by molar-refractivity contribution is 5.74. The van der Waals surface area contributed by atoms with Crippen LogP contribution in [-0.2, 0) is 6.42 Å². The van der Waals surface area contributed by atoms with Gasteiger partial charge in [-0.05, 0) is 30.7 Å². The van der Waals surface area contributed by atoms with Crippen LogP contribution in [0.2, 0.25) is 0 Å². The quantitative estimate of drug-likeness (QED) is 0.744. The van der Waals surface area contributed by atoms with Crippen molar-refractivity contribution >= 4 is 16.7 Å². The fourth-order valence-corrected chi connectivity index (χ4v) is 2.21. The molecule has 3 rings (SSSR count). The number of para-hydroxylation sites is 3. The Labute approximate surface area is 112 Å². The lowest BCUT2D eigenvalue weighted by molar-refractivity contribution is 0.933. The van der Waals surface area contributed by atoms with Gasteiger partial charge in [-0.1, -0.05) is 30.3 Å². The third kappa shape index (κ3) is 2.60. The van der Waals surface area contributed by atoms with Gasteiger partial charge in [-0.15, -0.1) is 0 Å². The standard InChI is InChI=1S/C16H17N3/c1-12-6-2-3-7-13(12)17-11-10-16-18-14-8-4-5-9-15(14)19-16/h2-9,17H,10-11H2,1H3,(H,18,19). The number of benzene rings is 2. The molecule has 0 unspecified atom stereocenters. The average Bonchev–Trinajstić information content (AvgIpc) is 2.83. The van der Waals surface area contributed by atoms with Crippen molar-refractivity contribution in [3.63, 3.8) is 0 Å². The van der Waals surface area contributed by atoms with Gasteiger partial charge in [-0.2, -0.15) is 0 Å². The molecule has 0 bridgehead atoms. The molecule has 3 nitrogen and oxygen atoms in total. The minimum Gasteiger partial charge on any atom is -0.384 e. The van der Waals surface area contributed by atoms with Gasteiger partial charge < -0.3 is 10.3 Å². The summed E-state index contributed by atoms with van der Waals surface area (Å²) >= 11 is 0. The van der Waals surface area contributed by atoms with Crippen molar-refractivity contribution in [2.24, 2.45) is 0 Å². The van der Waals surface area contributed by atoms with Crippen LogP contribution in [-0.4, -0.2) is 16.5 Å². The molecule has 3 heteroatoms. The summed E-state index contributed by atoms with van der Waals surface area (Å²) in [4.78, 5) is 7.92. The first kappa shape index (κ1) is 11.8. The Balaban J connectivity index is 1.65. The summed E-state index contributed by atoms with van der Waals surface area (Å²) in [5.41, 5.74) is 4.60. The summed E-state index contributed by atoms with van der Waals surface area (Å²) in [7, 11) is 0. The SMILES string of the molecule is Cc1ccccc1NCCc1nc2ccccc2[nH]1. The van der Waals surface area contributed by atoms with Gasteiger partial charge in [-0.3, -0.25) is 0 Å². The molecule has 2 aromatic carbocycles. The molecule has 19 heavy (non-hydrogen) atoms. The third-order valence-electron chi connectivity index (χ3n) is 3.26. The molecule has 1 aromatic heterocycles. The number of hydrogen-bond acceptors (Lipinski definition) is 2. The van der Waals surface area contributed by atoms with Gasteiger partial charge >= 0.3 is 0 Å². The van der Waals surface area contributed by atoms with Crippen LogP contribution in [0.1, 0.15) is 11.4 Å². The number of nitrogens with zero attached hydrogens (tertiary/aromatic N) is 1. The van der Waals surface area contributed by atoms with Crippen molar-refractivity contribution in [1.29, 1.82) is 0 Å². The number of hydrogen-bond donors (Lipinski definition) is 2. The van der Waals surface area contributed by atoms with Gasteiger partial charge in [-0.25, -0.2) is 4.98 Å². The Kier molecular flexibility index (Phi) is 3.19. The molecule has 0 atom stereocenters. The summed E-state index contributed by atoms with van der Waals surface area (Å²) in [6.45, 7) is 2.99. The van der Waals surface area contributed by atoms with E-state index in [0.29, 0.717) is 0 Å². The van der Waals surface area contributed by atoms with Gasteiger partial charge in [0.05, 0.1) is 11.0 Å². The van der Waals surface area contributed by atoms with Crippen LogP contribution >= 0.6 is 0 Å². The summed E-state index contributed by atoms with van der Waals surface area (Å²) in [6, 6.07) is 16.5. The summed E-state index contributed by atoms with van der Waals surface area (Å²) in [5.74, 6) is 1.03. The Morgan fingerprint density at radius 1 is 1.05 bits per heavy atom. The molecule has 2 N–H and O–H groups in total.